The van der Waals surface area contributed by atoms with Crippen LogP contribution in [0.5, 0.6) is 0 Å². The first-order valence-corrected chi connectivity index (χ1v) is 4.55. The van der Waals surface area contributed by atoms with E-state index in [1.165, 1.54) is 0 Å². The predicted molar refractivity (Wildman–Crippen MR) is 47.4 cm³/mol. The molecule has 0 saturated heterocycles. The van der Waals surface area contributed by atoms with Crippen LogP contribution >= 0.6 is 0 Å². The second-order valence-electron chi connectivity index (χ2n) is 4.62. The number of nitriles is 1. The van der Waals surface area contributed by atoms with Gasteiger partial charge < -0.3 is 5.11 Å². The zero-order chi connectivity index (χ0) is 9.41. The third-order valence-electron chi connectivity index (χ3n) is 3.18. The molecule has 2 atom stereocenters. The van der Waals surface area contributed by atoms with Crippen LogP contribution in [0.15, 0.2) is 0 Å². The van der Waals surface area contributed by atoms with Crippen LogP contribution in [0, 0.1) is 22.7 Å². The lowest BCUT2D eigenvalue weighted by molar-refractivity contribution is -0.0348. The Balaban J connectivity index is 2.81. The van der Waals surface area contributed by atoms with Gasteiger partial charge in [0.15, 0.2) is 0 Å². The zero-order valence-electron chi connectivity index (χ0n) is 8.09. The van der Waals surface area contributed by atoms with Gasteiger partial charge in [-0.25, -0.2) is 0 Å². The third-order valence-corrected chi connectivity index (χ3v) is 3.18. The van der Waals surface area contributed by atoms with Crippen LogP contribution in [0.4, 0.5) is 0 Å². The first kappa shape index (κ1) is 9.54. The Hall–Kier alpha value is -0.550. The standard InChI is InChI=1S/C10H17NO/c1-8-4-5-10(12,6-8)9(2,3)7-11/h8,12H,4-6H2,1-3H3. The van der Waals surface area contributed by atoms with E-state index in [0.29, 0.717) is 5.92 Å². The summed E-state index contributed by atoms with van der Waals surface area (Å²) in [6.45, 7) is 5.78. The fourth-order valence-corrected chi connectivity index (χ4v) is 1.94. The van der Waals surface area contributed by atoms with Crippen molar-refractivity contribution < 1.29 is 5.11 Å². The number of rotatable bonds is 1. The maximum absolute atomic E-state index is 10.2. The van der Waals surface area contributed by atoms with E-state index in [0.717, 1.165) is 19.3 Å². The Morgan fingerprint density at radius 3 is 2.50 bits per heavy atom. The molecule has 0 heterocycles. The van der Waals surface area contributed by atoms with Crippen molar-refractivity contribution in [2.24, 2.45) is 11.3 Å². The molecular formula is C10H17NO. The van der Waals surface area contributed by atoms with Gasteiger partial charge >= 0.3 is 0 Å². The quantitative estimate of drug-likeness (QED) is 0.649. The molecule has 0 aromatic rings. The monoisotopic (exact) mass is 167 g/mol. The van der Waals surface area contributed by atoms with E-state index < -0.39 is 11.0 Å². The van der Waals surface area contributed by atoms with E-state index in [1.807, 2.05) is 13.8 Å². The van der Waals surface area contributed by atoms with Crippen LogP contribution in [0.1, 0.15) is 40.0 Å². The van der Waals surface area contributed by atoms with Crippen molar-refractivity contribution in [1.82, 2.24) is 0 Å². The van der Waals surface area contributed by atoms with Gasteiger partial charge in [-0.2, -0.15) is 5.26 Å². The summed E-state index contributed by atoms with van der Waals surface area (Å²) in [7, 11) is 0. The molecule has 2 unspecified atom stereocenters. The fourth-order valence-electron chi connectivity index (χ4n) is 1.94. The van der Waals surface area contributed by atoms with Gasteiger partial charge in [0, 0.05) is 0 Å². The minimum absolute atomic E-state index is 0.558. The first-order chi connectivity index (χ1) is 5.41. The molecule has 0 aromatic heterocycles. The summed E-state index contributed by atoms with van der Waals surface area (Å²) in [6.07, 6.45) is 2.59. The van der Waals surface area contributed by atoms with E-state index in [2.05, 4.69) is 13.0 Å². The summed E-state index contributed by atoms with van der Waals surface area (Å²) >= 11 is 0. The summed E-state index contributed by atoms with van der Waals surface area (Å²) < 4.78 is 0. The van der Waals surface area contributed by atoms with Crippen LogP contribution in [-0.2, 0) is 0 Å². The molecule has 0 bridgehead atoms. The first-order valence-electron chi connectivity index (χ1n) is 4.55. The van der Waals surface area contributed by atoms with Crippen molar-refractivity contribution in [3.8, 4) is 6.07 Å². The Morgan fingerprint density at radius 1 is 1.58 bits per heavy atom. The van der Waals surface area contributed by atoms with Crippen molar-refractivity contribution >= 4 is 0 Å². The summed E-state index contributed by atoms with van der Waals surface area (Å²) in [5, 5.41) is 19.1. The molecule has 1 aliphatic rings. The van der Waals surface area contributed by atoms with Crippen molar-refractivity contribution in [2.45, 2.75) is 45.6 Å². The summed E-state index contributed by atoms with van der Waals surface area (Å²) in [5.41, 5.74) is -1.35. The van der Waals surface area contributed by atoms with Gasteiger partial charge in [-0.05, 0) is 39.0 Å². The minimum Gasteiger partial charge on any atom is -0.388 e. The predicted octanol–water partition coefficient (Wildman–Crippen LogP) is 2.09. The highest BCUT2D eigenvalue weighted by Gasteiger charge is 2.47. The molecule has 0 aliphatic heterocycles. The number of hydrogen-bond donors (Lipinski definition) is 1. The zero-order valence-corrected chi connectivity index (χ0v) is 8.09. The maximum Gasteiger partial charge on any atom is 0.0830 e. The molecular weight excluding hydrogens is 150 g/mol. The van der Waals surface area contributed by atoms with Crippen LogP contribution < -0.4 is 0 Å². The molecule has 68 valence electrons. The van der Waals surface area contributed by atoms with Gasteiger partial charge in [0.2, 0.25) is 0 Å². The third kappa shape index (κ3) is 1.34. The fraction of sp³-hybridized carbons (Fsp3) is 0.900. The van der Waals surface area contributed by atoms with Gasteiger partial charge in [-0.3, -0.25) is 0 Å². The topological polar surface area (TPSA) is 44.0 Å². The van der Waals surface area contributed by atoms with E-state index in [9.17, 15) is 5.11 Å². The van der Waals surface area contributed by atoms with Gasteiger partial charge in [-0.1, -0.05) is 6.92 Å². The lowest BCUT2D eigenvalue weighted by Gasteiger charge is -2.34. The van der Waals surface area contributed by atoms with Crippen LogP contribution in [0.2, 0.25) is 0 Å². The lowest BCUT2D eigenvalue weighted by Crippen LogP contribution is -2.41. The molecule has 1 aliphatic carbocycles. The molecule has 12 heavy (non-hydrogen) atoms. The largest absolute Gasteiger partial charge is 0.388 e. The van der Waals surface area contributed by atoms with Gasteiger partial charge in [0.1, 0.15) is 0 Å². The van der Waals surface area contributed by atoms with Gasteiger partial charge in [0.05, 0.1) is 17.1 Å². The summed E-state index contributed by atoms with van der Waals surface area (Å²) in [5.74, 6) is 0.558. The number of aliphatic hydroxyl groups is 1. The van der Waals surface area contributed by atoms with Crippen LogP contribution in [0.3, 0.4) is 0 Å². The molecule has 2 heteroatoms. The molecule has 0 spiro atoms. The Morgan fingerprint density at radius 2 is 2.17 bits per heavy atom. The highest BCUT2D eigenvalue weighted by atomic mass is 16.3. The number of nitrogens with zero attached hydrogens (tertiary/aromatic N) is 1. The highest BCUT2D eigenvalue weighted by Crippen LogP contribution is 2.45. The smallest absolute Gasteiger partial charge is 0.0830 e. The lowest BCUT2D eigenvalue weighted by atomic mass is 9.74. The highest BCUT2D eigenvalue weighted by molar-refractivity contribution is 5.09. The maximum atomic E-state index is 10.2. The van der Waals surface area contributed by atoms with E-state index in [-0.39, 0.29) is 0 Å². The summed E-state index contributed by atoms with van der Waals surface area (Å²) in [4.78, 5) is 0. The molecule has 1 N–H and O–H groups in total. The van der Waals surface area contributed by atoms with Gasteiger partial charge in [0.25, 0.3) is 0 Å². The van der Waals surface area contributed by atoms with E-state index in [1.54, 1.807) is 0 Å². The van der Waals surface area contributed by atoms with Crippen LogP contribution in [-0.4, -0.2) is 10.7 Å². The molecule has 0 aromatic carbocycles. The van der Waals surface area contributed by atoms with Crippen molar-refractivity contribution in [2.75, 3.05) is 0 Å². The normalized spacial score (nSPS) is 36.4. The average molecular weight is 167 g/mol. The van der Waals surface area contributed by atoms with E-state index >= 15 is 0 Å². The molecule has 0 radical (unpaired) electrons. The molecule has 1 rings (SSSR count). The molecule has 2 nitrogen and oxygen atoms in total. The summed E-state index contributed by atoms with van der Waals surface area (Å²) in [6, 6.07) is 2.19. The Bertz CT molecular complexity index is 216. The second-order valence-corrected chi connectivity index (χ2v) is 4.62. The molecule has 1 saturated carbocycles. The van der Waals surface area contributed by atoms with Gasteiger partial charge in [-0.15, -0.1) is 0 Å². The number of hydrogen-bond acceptors (Lipinski definition) is 2. The Kier molecular flexibility index (Phi) is 2.18. The SMILES string of the molecule is CC1CCC(O)(C(C)(C)C#N)C1. The molecule has 0 amide bonds. The van der Waals surface area contributed by atoms with Crippen molar-refractivity contribution in [1.29, 1.82) is 5.26 Å². The van der Waals surface area contributed by atoms with Crippen LogP contribution in [0.25, 0.3) is 0 Å². The van der Waals surface area contributed by atoms with E-state index in [4.69, 9.17) is 5.26 Å². The molecule has 1 fully saturated rings. The minimum atomic E-state index is -0.749. The van der Waals surface area contributed by atoms with Crippen molar-refractivity contribution in [3.05, 3.63) is 0 Å². The second kappa shape index (κ2) is 2.74. The average Bonchev–Trinajstić information content (AvgIpc) is 2.33. The van der Waals surface area contributed by atoms with Crippen molar-refractivity contribution in [3.63, 3.8) is 0 Å². The Labute approximate surface area is 74.2 Å².